The second-order valence-electron chi connectivity index (χ2n) is 5.58. The first-order chi connectivity index (χ1) is 11.3. The fourth-order valence-corrected chi connectivity index (χ4v) is 4.33. The van der Waals surface area contributed by atoms with E-state index in [9.17, 15) is 49.1 Å². The zero-order valence-electron chi connectivity index (χ0n) is 16.7. The van der Waals surface area contributed by atoms with Gasteiger partial charge in [0.1, 0.15) is 35.7 Å². The number of hydrogen-bond acceptors (Lipinski definition) is 13. The molecule has 0 aromatic heterocycles. The van der Waals surface area contributed by atoms with Gasteiger partial charge in [0, 0.05) is 0 Å². The fourth-order valence-electron chi connectivity index (χ4n) is 2.26. The molecule has 150 valence electrons. The number of ether oxygens (including phenoxy) is 1. The zero-order valence-corrected chi connectivity index (χ0v) is 26.5. The summed E-state index contributed by atoms with van der Waals surface area (Å²) < 4.78 is 26.8. The fraction of sp³-hybridized carbons (Fsp3) is 1.00. The molecule has 13 nitrogen and oxygen atoms in total. The van der Waals surface area contributed by atoms with Gasteiger partial charge in [-0.15, -0.1) is 0 Å². The normalized spacial score (nSPS) is 27.6. The van der Waals surface area contributed by atoms with Crippen LogP contribution in [-0.2, 0) is 13.9 Å². The maximum absolute atomic E-state index is 10.9. The molecular formula is C10H19NNa4O12P2. The minimum atomic E-state index is -6.17. The summed E-state index contributed by atoms with van der Waals surface area (Å²) in [7, 11) is -12.3. The summed E-state index contributed by atoms with van der Waals surface area (Å²) in [6.07, 6.45) is -9.18. The van der Waals surface area contributed by atoms with Crippen molar-refractivity contribution in [1.29, 1.82) is 0 Å². The molecule has 0 radical (unpaired) electrons. The minimum absolute atomic E-state index is 0. The molecule has 0 aromatic rings. The monoisotopic (exact) mass is 499 g/mol. The van der Waals surface area contributed by atoms with E-state index in [2.05, 4.69) is 5.32 Å². The van der Waals surface area contributed by atoms with Crippen LogP contribution in [0.4, 0.5) is 0 Å². The predicted molar refractivity (Wildman–Crippen MR) is 71.2 cm³/mol. The van der Waals surface area contributed by atoms with E-state index in [0.29, 0.717) is 0 Å². The van der Waals surface area contributed by atoms with E-state index >= 15 is 0 Å². The maximum Gasteiger partial charge on any atom is 1.00 e. The summed E-state index contributed by atoms with van der Waals surface area (Å²) in [6, 6.07) is 0. The Labute approximate surface area is 255 Å². The largest absolute Gasteiger partial charge is 1.00 e. The molecule has 1 heterocycles. The second-order valence-corrected chi connectivity index (χ2v) is 9.40. The Bertz CT molecular complexity index is 527. The van der Waals surface area contributed by atoms with Crippen molar-refractivity contribution < 1.29 is 177 Å². The van der Waals surface area contributed by atoms with Crippen LogP contribution in [0, 0.1) is 0 Å². The van der Waals surface area contributed by atoms with E-state index in [0.717, 1.165) is 0 Å². The van der Waals surface area contributed by atoms with Crippen LogP contribution in [0.3, 0.4) is 0 Å². The standard InChI is InChI=1S/C10H23NO12P2.4Na/c12-4-5-6(13)7(14)8(15)9(23-5)11-3-1-2-10(16,24(17,18)19)25(20,21)22;;;;/h5-9,11-16H,1-4H2,(H2,17,18,19)(H2,20,21,22);;;;/q;4*+1/p-4/t5-,6-,7+,8-,9?;;;;/m1..../s1. The van der Waals surface area contributed by atoms with E-state index in [4.69, 9.17) is 9.84 Å². The second kappa shape index (κ2) is 16.6. The van der Waals surface area contributed by atoms with Gasteiger partial charge in [-0.2, -0.15) is 0 Å². The van der Waals surface area contributed by atoms with Gasteiger partial charge in [-0.05, 0) is 34.6 Å². The van der Waals surface area contributed by atoms with Crippen LogP contribution in [0.5, 0.6) is 0 Å². The van der Waals surface area contributed by atoms with Gasteiger partial charge in [0.05, 0.1) is 6.61 Å². The Morgan fingerprint density at radius 1 is 0.897 bits per heavy atom. The topological polar surface area (TPSA) is 249 Å². The molecule has 29 heavy (non-hydrogen) atoms. The van der Waals surface area contributed by atoms with Gasteiger partial charge in [-0.3, -0.25) is 5.32 Å². The van der Waals surface area contributed by atoms with E-state index in [1.807, 2.05) is 0 Å². The molecule has 1 fully saturated rings. The average molecular weight is 499 g/mol. The van der Waals surface area contributed by atoms with Crippen LogP contribution < -0.4 is 143 Å². The summed E-state index contributed by atoms with van der Waals surface area (Å²) in [4.78, 5) is 43.5. The molecule has 1 aliphatic heterocycles. The SMILES string of the molecule is O=P([O-])([O-])C(O)(CCCNC1O[C@H](CO)[C@@H](O)[C@H](O)[C@H]1O)P(=O)([O-])[O-].[Na+].[Na+].[Na+].[Na+]. The van der Waals surface area contributed by atoms with Gasteiger partial charge in [-0.25, -0.2) is 0 Å². The summed E-state index contributed by atoms with van der Waals surface area (Å²) in [5.41, 5.74) is 0. The number of aliphatic hydroxyl groups is 5. The van der Waals surface area contributed by atoms with Gasteiger partial charge in [0.15, 0.2) is 0 Å². The van der Waals surface area contributed by atoms with E-state index in [-0.39, 0.29) is 125 Å². The summed E-state index contributed by atoms with van der Waals surface area (Å²) >= 11 is 0. The Morgan fingerprint density at radius 3 is 1.72 bits per heavy atom. The van der Waals surface area contributed by atoms with Crippen molar-refractivity contribution in [2.45, 2.75) is 48.6 Å². The van der Waals surface area contributed by atoms with Crippen molar-refractivity contribution in [2.24, 2.45) is 0 Å². The first kappa shape index (κ1) is 40.2. The molecule has 0 spiro atoms. The third-order valence-electron chi connectivity index (χ3n) is 3.80. The molecule has 6 N–H and O–H groups in total. The Hall–Kier alpha value is 4.02. The number of aliphatic hydroxyl groups excluding tert-OH is 4. The van der Waals surface area contributed by atoms with Crippen molar-refractivity contribution in [3.05, 3.63) is 0 Å². The van der Waals surface area contributed by atoms with Crippen molar-refractivity contribution in [2.75, 3.05) is 13.2 Å². The van der Waals surface area contributed by atoms with Gasteiger partial charge in [0.2, 0.25) is 0 Å². The first-order valence-electron chi connectivity index (χ1n) is 7.07. The number of nitrogens with one attached hydrogen (secondary N) is 1. The van der Waals surface area contributed by atoms with Crippen molar-refractivity contribution in [3.63, 3.8) is 0 Å². The Kier molecular flexibility index (Phi) is 23.1. The quantitative estimate of drug-likeness (QED) is 0.103. The molecule has 0 bridgehead atoms. The molecule has 1 unspecified atom stereocenters. The summed E-state index contributed by atoms with van der Waals surface area (Å²) in [5, 5.41) is 45.7. The van der Waals surface area contributed by atoms with Crippen molar-refractivity contribution in [1.82, 2.24) is 5.32 Å². The first-order valence-corrected chi connectivity index (χ1v) is 10.2. The average Bonchev–Trinajstić information content (AvgIpc) is 2.48. The molecule has 5 atom stereocenters. The summed E-state index contributed by atoms with van der Waals surface area (Å²) in [5.74, 6) is 0. The van der Waals surface area contributed by atoms with Crippen LogP contribution in [0.1, 0.15) is 12.8 Å². The third-order valence-corrected chi connectivity index (χ3v) is 7.48. The Morgan fingerprint density at radius 2 is 1.34 bits per heavy atom. The molecular weight excluding hydrogens is 480 g/mol. The molecule has 1 saturated heterocycles. The van der Waals surface area contributed by atoms with Gasteiger partial charge in [-0.1, -0.05) is 0 Å². The number of rotatable bonds is 8. The van der Waals surface area contributed by atoms with Gasteiger partial charge in [0.25, 0.3) is 0 Å². The van der Waals surface area contributed by atoms with E-state index in [1.165, 1.54) is 0 Å². The van der Waals surface area contributed by atoms with E-state index in [1.54, 1.807) is 0 Å². The molecule has 0 amide bonds. The Balaban J connectivity index is -0.000000781. The van der Waals surface area contributed by atoms with E-state index < -0.39 is 70.4 Å². The zero-order chi connectivity index (χ0) is 19.6. The van der Waals surface area contributed by atoms with Crippen LogP contribution in [-0.4, -0.2) is 74.4 Å². The molecule has 1 aliphatic rings. The third kappa shape index (κ3) is 10.7. The number of hydrogen-bond donors (Lipinski definition) is 6. The molecule has 1 rings (SSSR count). The van der Waals surface area contributed by atoms with Crippen LogP contribution >= 0.6 is 15.2 Å². The molecule has 19 heteroatoms. The van der Waals surface area contributed by atoms with Crippen LogP contribution in [0.25, 0.3) is 0 Å². The van der Waals surface area contributed by atoms with Crippen LogP contribution in [0.2, 0.25) is 0 Å². The smallest absolute Gasteiger partial charge is 0.808 e. The molecule has 0 saturated carbocycles. The molecule has 0 aliphatic carbocycles. The van der Waals surface area contributed by atoms with Crippen molar-refractivity contribution >= 4 is 15.2 Å². The summed E-state index contributed by atoms with van der Waals surface area (Å²) in [6.45, 7) is -1.03. The predicted octanol–water partition coefficient (Wildman–Crippen LogP) is -18.4. The minimum Gasteiger partial charge on any atom is -0.808 e. The van der Waals surface area contributed by atoms with Gasteiger partial charge < -0.3 is 59.0 Å². The molecule has 0 aromatic carbocycles. The maximum atomic E-state index is 10.9. The van der Waals surface area contributed by atoms with Gasteiger partial charge >= 0.3 is 118 Å². The van der Waals surface area contributed by atoms with Crippen molar-refractivity contribution in [3.8, 4) is 0 Å². The van der Waals surface area contributed by atoms with Crippen LogP contribution in [0.15, 0.2) is 0 Å².